The van der Waals surface area contributed by atoms with Crippen molar-refractivity contribution in [1.82, 2.24) is 15.3 Å². The number of hydrogen-bond acceptors (Lipinski definition) is 8. The lowest BCUT2D eigenvalue weighted by atomic mass is 9.96. The molecule has 0 fully saturated rings. The SMILES string of the molecule is CCCCc1nc(C)nc(OCC(OC)OC)c1Cc1ccc(-c2ccccc2/C(=N/OC)NC=O)cc1. The summed E-state index contributed by atoms with van der Waals surface area (Å²) >= 11 is 0. The summed E-state index contributed by atoms with van der Waals surface area (Å²) in [6.45, 7) is 4.26. The van der Waals surface area contributed by atoms with Crippen molar-refractivity contribution in [1.29, 1.82) is 0 Å². The van der Waals surface area contributed by atoms with E-state index in [2.05, 4.69) is 34.5 Å². The van der Waals surface area contributed by atoms with Gasteiger partial charge in [0.1, 0.15) is 19.5 Å². The summed E-state index contributed by atoms with van der Waals surface area (Å²) < 4.78 is 16.6. The van der Waals surface area contributed by atoms with E-state index in [1.165, 1.54) is 7.11 Å². The summed E-state index contributed by atoms with van der Waals surface area (Å²) in [5, 5.41) is 6.58. The number of oxime groups is 1. The smallest absolute Gasteiger partial charge is 0.220 e. The van der Waals surface area contributed by atoms with E-state index in [4.69, 9.17) is 24.0 Å². The number of aromatic nitrogens is 2. The van der Waals surface area contributed by atoms with Crippen LogP contribution in [0, 0.1) is 6.92 Å². The van der Waals surface area contributed by atoms with Crippen molar-refractivity contribution < 1.29 is 23.8 Å². The lowest BCUT2D eigenvalue weighted by Gasteiger charge is -2.18. The number of benzene rings is 2. The van der Waals surface area contributed by atoms with Crippen LogP contribution >= 0.6 is 0 Å². The summed E-state index contributed by atoms with van der Waals surface area (Å²) in [6, 6.07) is 15.9. The Balaban J connectivity index is 1.94. The number of aryl methyl sites for hydroxylation is 2. The van der Waals surface area contributed by atoms with E-state index in [1.807, 2.05) is 43.3 Å². The molecule has 0 saturated heterocycles. The maximum Gasteiger partial charge on any atom is 0.220 e. The average molecular weight is 521 g/mol. The van der Waals surface area contributed by atoms with Gasteiger partial charge in [0.2, 0.25) is 12.3 Å². The minimum absolute atomic E-state index is 0.222. The Bertz CT molecular complexity index is 1210. The van der Waals surface area contributed by atoms with Crippen molar-refractivity contribution in [2.75, 3.05) is 27.9 Å². The molecule has 0 saturated carbocycles. The van der Waals surface area contributed by atoms with E-state index < -0.39 is 6.29 Å². The summed E-state index contributed by atoms with van der Waals surface area (Å²) in [5.41, 5.74) is 5.70. The number of nitrogens with one attached hydrogen (secondary N) is 1. The number of nitrogens with zero attached hydrogens (tertiary/aromatic N) is 3. The fourth-order valence-corrected chi connectivity index (χ4v) is 4.10. The topological polar surface area (TPSA) is 104 Å². The average Bonchev–Trinajstić information content (AvgIpc) is 2.94. The van der Waals surface area contributed by atoms with Crippen LogP contribution in [0.4, 0.5) is 0 Å². The van der Waals surface area contributed by atoms with Gasteiger partial charge in [-0.25, -0.2) is 4.98 Å². The van der Waals surface area contributed by atoms with Gasteiger partial charge < -0.3 is 24.4 Å². The van der Waals surface area contributed by atoms with Crippen molar-refractivity contribution in [3.63, 3.8) is 0 Å². The fourth-order valence-electron chi connectivity index (χ4n) is 4.10. The lowest BCUT2D eigenvalue weighted by molar-refractivity contribution is -0.122. The molecule has 3 rings (SSSR count). The van der Waals surface area contributed by atoms with Crippen molar-refractivity contribution in [3.8, 4) is 17.0 Å². The fraction of sp³-hybridized carbons (Fsp3) is 0.379. The molecule has 0 aliphatic rings. The van der Waals surface area contributed by atoms with Gasteiger partial charge in [0.05, 0.1) is 5.69 Å². The second-order valence-electron chi connectivity index (χ2n) is 8.62. The van der Waals surface area contributed by atoms with Gasteiger partial charge in [-0.1, -0.05) is 67.0 Å². The number of unbranched alkanes of at least 4 members (excludes halogenated alkanes) is 1. The summed E-state index contributed by atoms with van der Waals surface area (Å²) in [6.07, 6.45) is 3.65. The molecule has 1 heterocycles. The van der Waals surface area contributed by atoms with Crippen LogP contribution in [-0.2, 0) is 31.9 Å². The molecule has 0 aliphatic carbocycles. The number of amidine groups is 1. The maximum atomic E-state index is 11.1. The summed E-state index contributed by atoms with van der Waals surface area (Å²) in [5.74, 6) is 1.56. The highest BCUT2D eigenvalue weighted by Gasteiger charge is 2.18. The van der Waals surface area contributed by atoms with Gasteiger partial charge in [-0.15, -0.1) is 0 Å². The van der Waals surface area contributed by atoms with Gasteiger partial charge in [0, 0.05) is 31.8 Å². The molecule has 2 aromatic carbocycles. The first-order valence-corrected chi connectivity index (χ1v) is 12.6. The minimum atomic E-state index is -0.489. The van der Waals surface area contributed by atoms with E-state index in [1.54, 1.807) is 14.2 Å². The van der Waals surface area contributed by atoms with Gasteiger partial charge in [-0.3, -0.25) is 4.79 Å². The van der Waals surface area contributed by atoms with Gasteiger partial charge >= 0.3 is 0 Å². The van der Waals surface area contributed by atoms with Crippen LogP contribution in [0.3, 0.4) is 0 Å². The third-order valence-electron chi connectivity index (χ3n) is 6.02. The number of carbonyl (C=O) groups is 1. The van der Waals surface area contributed by atoms with Gasteiger partial charge in [0.15, 0.2) is 12.1 Å². The third-order valence-corrected chi connectivity index (χ3v) is 6.02. The first kappa shape index (κ1) is 28.7. The van der Waals surface area contributed by atoms with Gasteiger partial charge in [0.25, 0.3) is 0 Å². The van der Waals surface area contributed by atoms with Gasteiger partial charge in [-0.2, -0.15) is 4.98 Å². The molecule has 38 heavy (non-hydrogen) atoms. The van der Waals surface area contributed by atoms with E-state index >= 15 is 0 Å². The monoisotopic (exact) mass is 520 g/mol. The first-order chi connectivity index (χ1) is 18.5. The first-order valence-electron chi connectivity index (χ1n) is 12.6. The maximum absolute atomic E-state index is 11.1. The predicted octanol–water partition coefficient (Wildman–Crippen LogP) is 4.44. The Morgan fingerprint density at radius 3 is 2.45 bits per heavy atom. The normalized spacial score (nSPS) is 11.5. The molecule has 9 nitrogen and oxygen atoms in total. The van der Waals surface area contributed by atoms with Crippen molar-refractivity contribution >= 4 is 12.2 Å². The second kappa shape index (κ2) is 14.8. The molecule has 1 N–H and O–H groups in total. The standard InChI is InChI=1S/C29H36N4O5/c1-6-7-12-26-25(29(32-20(2)31-26)38-18-27(35-3)36-4)17-21-13-15-22(16-14-21)23-10-8-9-11-24(23)28(30-19-34)33-37-5/h8-11,13-16,19,27H,6-7,12,17-18H2,1-5H3,(H,30,33,34). The van der Waals surface area contributed by atoms with Crippen molar-refractivity contribution in [2.45, 2.75) is 45.8 Å². The molecule has 0 spiro atoms. The number of methoxy groups -OCH3 is 2. The van der Waals surface area contributed by atoms with Crippen molar-refractivity contribution in [3.05, 3.63) is 76.7 Å². The van der Waals surface area contributed by atoms with E-state index in [0.717, 1.165) is 52.8 Å². The van der Waals surface area contributed by atoms with E-state index in [-0.39, 0.29) is 6.61 Å². The molecule has 1 aromatic heterocycles. The Kier molecular flexibility index (Phi) is 11.2. The Labute approximate surface area is 224 Å². The summed E-state index contributed by atoms with van der Waals surface area (Å²) in [4.78, 5) is 25.4. The number of rotatable bonds is 14. The minimum Gasteiger partial charge on any atom is -0.472 e. The molecule has 0 aliphatic heterocycles. The predicted molar refractivity (Wildman–Crippen MR) is 146 cm³/mol. The van der Waals surface area contributed by atoms with Crippen LogP contribution in [0.25, 0.3) is 11.1 Å². The Hall–Kier alpha value is -3.82. The lowest BCUT2D eigenvalue weighted by Crippen LogP contribution is -2.23. The largest absolute Gasteiger partial charge is 0.472 e. The zero-order valence-corrected chi connectivity index (χ0v) is 22.7. The van der Waals surface area contributed by atoms with Crippen LogP contribution in [0.1, 0.15) is 48.0 Å². The molecule has 0 atom stereocenters. The van der Waals surface area contributed by atoms with E-state index in [9.17, 15) is 4.79 Å². The Morgan fingerprint density at radius 2 is 1.79 bits per heavy atom. The molecular formula is C29H36N4O5. The molecular weight excluding hydrogens is 484 g/mol. The number of ether oxygens (including phenoxy) is 3. The molecule has 9 heteroatoms. The highest BCUT2D eigenvalue weighted by atomic mass is 16.7. The molecule has 0 radical (unpaired) electrons. The van der Waals surface area contributed by atoms with Crippen LogP contribution in [-0.4, -0.2) is 56.4 Å². The molecule has 0 bridgehead atoms. The van der Waals surface area contributed by atoms with Crippen LogP contribution in [0.15, 0.2) is 53.7 Å². The van der Waals surface area contributed by atoms with E-state index in [0.29, 0.717) is 30.4 Å². The van der Waals surface area contributed by atoms with Crippen LogP contribution in [0.2, 0.25) is 0 Å². The third kappa shape index (κ3) is 7.60. The molecule has 3 aromatic rings. The Morgan fingerprint density at radius 1 is 1.05 bits per heavy atom. The number of amides is 1. The summed E-state index contributed by atoms with van der Waals surface area (Å²) in [7, 11) is 4.60. The molecule has 0 unspecified atom stereocenters. The molecule has 202 valence electrons. The number of hydrogen-bond donors (Lipinski definition) is 1. The highest BCUT2D eigenvalue weighted by Crippen LogP contribution is 2.28. The highest BCUT2D eigenvalue weighted by molar-refractivity contribution is 6.08. The van der Waals surface area contributed by atoms with Gasteiger partial charge in [-0.05, 0) is 36.5 Å². The van der Waals surface area contributed by atoms with Crippen LogP contribution in [0.5, 0.6) is 5.88 Å². The van der Waals surface area contributed by atoms with Crippen molar-refractivity contribution in [2.24, 2.45) is 5.16 Å². The number of carbonyl (C=O) groups excluding carboxylic acids is 1. The zero-order chi connectivity index (χ0) is 27.3. The van der Waals surface area contributed by atoms with Crippen LogP contribution < -0.4 is 10.1 Å². The second-order valence-corrected chi connectivity index (χ2v) is 8.62. The molecule has 1 amide bonds. The quantitative estimate of drug-likeness (QED) is 0.110. The zero-order valence-electron chi connectivity index (χ0n) is 22.7.